The number of carboxylic acids is 1. The van der Waals surface area contributed by atoms with Gasteiger partial charge >= 0.3 is 5.97 Å². The lowest BCUT2D eigenvalue weighted by atomic mass is 10.2. The molecule has 2 aromatic rings. The summed E-state index contributed by atoms with van der Waals surface area (Å²) in [6, 6.07) is 15.6. The molecule has 0 amide bonds. The number of carboxylic acid groups (broad SMARTS) is 1. The first-order chi connectivity index (χ1) is 7.75. The van der Waals surface area contributed by atoms with Gasteiger partial charge in [0.15, 0.2) is 0 Å². The first kappa shape index (κ1) is 13.1. The summed E-state index contributed by atoms with van der Waals surface area (Å²) in [4.78, 5) is 10.6. The summed E-state index contributed by atoms with van der Waals surface area (Å²) < 4.78 is 5.52. The Labute approximate surface area is 105 Å². The fourth-order valence-electron chi connectivity index (χ4n) is 1.29. The van der Waals surface area contributed by atoms with E-state index in [4.69, 9.17) is 9.84 Å². The molecule has 88 valence electrons. The summed E-state index contributed by atoms with van der Waals surface area (Å²) in [5.74, 6) is 0.410. The highest BCUT2D eigenvalue weighted by molar-refractivity contribution is 5.87. The van der Waals surface area contributed by atoms with Crippen LogP contribution in [-0.2, 0) is 0 Å². The van der Waals surface area contributed by atoms with Gasteiger partial charge in [-0.05, 0) is 36.4 Å². The van der Waals surface area contributed by atoms with E-state index in [0.29, 0.717) is 5.75 Å². The SMILES string of the molecule is Cl.O=C(O)c1ccc(Oc2ccccc2)cc1. The summed E-state index contributed by atoms with van der Waals surface area (Å²) in [7, 11) is 0. The van der Waals surface area contributed by atoms with Crippen LogP contribution in [0.4, 0.5) is 0 Å². The molecular formula is C13H11ClO3. The van der Waals surface area contributed by atoms with E-state index in [0.717, 1.165) is 5.75 Å². The molecule has 3 nitrogen and oxygen atoms in total. The standard InChI is InChI=1S/C13H10O3.ClH/c14-13(15)10-6-8-12(9-7-10)16-11-4-2-1-3-5-11;/h1-9H,(H,14,15);1H. The number of ether oxygens (including phenoxy) is 1. The molecule has 0 saturated heterocycles. The Morgan fingerprint density at radius 3 is 1.94 bits per heavy atom. The molecule has 17 heavy (non-hydrogen) atoms. The molecular weight excluding hydrogens is 240 g/mol. The molecule has 0 unspecified atom stereocenters. The number of hydrogen-bond acceptors (Lipinski definition) is 2. The zero-order chi connectivity index (χ0) is 11.4. The van der Waals surface area contributed by atoms with Crippen LogP contribution in [0.25, 0.3) is 0 Å². The molecule has 0 aromatic heterocycles. The van der Waals surface area contributed by atoms with Crippen molar-refractivity contribution in [2.45, 2.75) is 0 Å². The largest absolute Gasteiger partial charge is 0.478 e. The van der Waals surface area contributed by atoms with Crippen LogP contribution in [0.5, 0.6) is 11.5 Å². The average Bonchev–Trinajstić information content (AvgIpc) is 2.31. The maximum Gasteiger partial charge on any atom is 0.335 e. The van der Waals surface area contributed by atoms with Crippen molar-refractivity contribution in [3.05, 3.63) is 60.2 Å². The second-order valence-corrected chi connectivity index (χ2v) is 3.24. The third-order valence-corrected chi connectivity index (χ3v) is 2.08. The van der Waals surface area contributed by atoms with E-state index >= 15 is 0 Å². The summed E-state index contributed by atoms with van der Waals surface area (Å²) in [6.07, 6.45) is 0. The molecule has 0 atom stereocenters. The normalized spacial score (nSPS) is 9.18. The van der Waals surface area contributed by atoms with Crippen molar-refractivity contribution in [3.8, 4) is 11.5 Å². The molecule has 0 spiro atoms. The van der Waals surface area contributed by atoms with Crippen molar-refractivity contribution < 1.29 is 14.6 Å². The van der Waals surface area contributed by atoms with Crippen molar-refractivity contribution in [2.24, 2.45) is 0 Å². The summed E-state index contributed by atoms with van der Waals surface area (Å²) >= 11 is 0. The number of carbonyl (C=O) groups is 1. The fourth-order valence-corrected chi connectivity index (χ4v) is 1.29. The highest BCUT2D eigenvalue weighted by Crippen LogP contribution is 2.20. The topological polar surface area (TPSA) is 46.5 Å². The van der Waals surface area contributed by atoms with Gasteiger partial charge in [-0.1, -0.05) is 18.2 Å². The Bertz CT molecular complexity index is 480. The van der Waals surface area contributed by atoms with Gasteiger partial charge in [0, 0.05) is 0 Å². The van der Waals surface area contributed by atoms with Crippen molar-refractivity contribution in [1.82, 2.24) is 0 Å². The fraction of sp³-hybridized carbons (Fsp3) is 0. The lowest BCUT2D eigenvalue weighted by Crippen LogP contribution is -1.95. The Hall–Kier alpha value is -2.00. The highest BCUT2D eigenvalue weighted by Gasteiger charge is 2.02. The predicted molar refractivity (Wildman–Crippen MR) is 67.2 cm³/mol. The summed E-state index contributed by atoms with van der Waals surface area (Å²) in [5.41, 5.74) is 0.250. The van der Waals surface area contributed by atoms with Crippen molar-refractivity contribution in [1.29, 1.82) is 0 Å². The Morgan fingerprint density at radius 1 is 0.882 bits per heavy atom. The first-order valence-corrected chi connectivity index (χ1v) is 4.82. The smallest absolute Gasteiger partial charge is 0.335 e. The van der Waals surface area contributed by atoms with Crippen LogP contribution < -0.4 is 4.74 Å². The third-order valence-electron chi connectivity index (χ3n) is 2.08. The number of para-hydroxylation sites is 1. The van der Waals surface area contributed by atoms with Gasteiger partial charge in [-0.2, -0.15) is 0 Å². The van der Waals surface area contributed by atoms with Crippen molar-refractivity contribution in [2.75, 3.05) is 0 Å². The molecule has 0 heterocycles. The quantitative estimate of drug-likeness (QED) is 0.905. The predicted octanol–water partition coefficient (Wildman–Crippen LogP) is 3.60. The second-order valence-electron chi connectivity index (χ2n) is 3.24. The Kier molecular flexibility index (Phi) is 4.55. The number of rotatable bonds is 3. The number of hydrogen-bond donors (Lipinski definition) is 1. The van der Waals surface area contributed by atoms with E-state index < -0.39 is 5.97 Å². The van der Waals surface area contributed by atoms with Crippen molar-refractivity contribution in [3.63, 3.8) is 0 Å². The minimum Gasteiger partial charge on any atom is -0.478 e. The number of benzene rings is 2. The number of halogens is 1. The first-order valence-electron chi connectivity index (χ1n) is 4.82. The zero-order valence-electron chi connectivity index (χ0n) is 8.87. The van der Waals surface area contributed by atoms with Crippen LogP contribution in [0.2, 0.25) is 0 Å². The van der Waals surface area contributed by atoms with E-state index in [1.165, 1.54) is 12.1 Å². The van der Waals surface area contributed by atoms with Gasteiger partial charge < -0.3 is 9.84 Å². The van der Waals surface area contributed by atoms with Crippen LogP contribution in [0.15, 0.2) is 54.6 Å². The lowest BCUT2D eigenvalue weighted by molar-refractivity contribution is 0.0697. The van der Waals surface area contributed by atoms with Gasteiger partial charge in [-0.3, -0.25) is 0 Å². The van der Waals surface area contributed by atoms with Gasteiger partial charge in [-0.15, -0.1) is 12.4 Å². The van der Waals surface area contributed by atoms with Gasteiger partial charge in [0.05, 0.1) is 5.56 Å². The van der Waals surface area contributed by atoms with Crippen molar-refractivity contribution >= 4 is 18.4 Å². The van der Waals surface area contributed by atoms with E-state index in [1.54, 1.807) is 12.1 Å². The molecule has 0 radical (unpaired) electrons. The molecule has 2 rings (SSSR count). The Morgan fingerprint density at radius 2 is 1.41 bits per heavy atom. The molecule has 0 aliphatic rings. The van der Waals surface area contributed by atoms with Gasteiger partial charge in [0.25, 0.3) is 0 Å². The van der Waals surface area contributed by atoms with Crippen LogP contribution in [-0.4, -0.2) is 11.1 Å². The Balaban J connectivity index is 0.00000144. The molecule has 0 fully saturated rings. The van der Waals surface area contributed by atoms with Crippen LogP contribution in [0.3, 0.4) is 0 Å². The monoisotopic (exact) mass is 250 g/mol. The molecule has 0 bridgehead atoms. The third kappa shape index (κ3) is 3.50. The molecule has 4 heteroatoms. The van der Waals surface area contributed by atoms with Crippen LogP contribution >= 0.6 is 12.4 Å². The molecule has 0 aliphatic heterocycles. The molecule has 1 N–H and O–H groups in total. The van der Waals surface area contributed by atoms with Gasteiger partial charge in [-0.25, -0.2) is 4.79 Å². The highest BCUT2D eigenvalue weighted by atomic mass is 35.5. The molecule has 0 saturated carbocycles. The number of aromatic carboxylic acids is 1. The molecule has 0 aliphatic carbocycles. The van der Waals surface area contributed by atoms with Gasteiger partial charge in [0.1, 0.15) is 11.5 Å². The summed E-state index contributed by atoms with van der Waals surface area (Å²) in [6.45, 7) is 0. The van der Waals surface area contributed by atoms with E-state index in [2.05, 4.69) is 0 Å². The second kappa shape index (κ2) is 5.92. The van der Waals surface area contributed by atoms with E-state index in [1.807, 2.05) is 30.3 Å². The van der Waals surface area contributed by atoms with E-state index in [9.17, 15) is 4.79 Å². The maximum atomic E-state index is 10.6. The maximum absolute atomic E-state index is 10.6. The van der Waals surface area contributed by atoms with Crippen LogP contribution in [0.1, 0.15) is 10.4 Å². The zero-order valence-corrected chi connectivity index (χ0v) is 9.68. The minimum absolute atomic E-state index is 0. The lowest BCUT2D eigenvalue weighted by Gasteiger charge is -2.05. The average molecular weight is 251 g/mol. The van der Waals surface area contributed by atoms with Crippen LogP contribution in [0, 0.1) is 0 Å². The molecule has 2 aromatic carbocycles. The summed E-state index contributed by atoms with van der Waals surface area (Å²) in [5, 5.41) is 8.72. The van der Waals surface area contributed by atoms with Gasteiger partial charge in [0.2, 0.25) is 0 Å². The minimum atomic E-state index is -0.939. The van der Waals surface area contributed by atoms with E-state index in [-0.39, 0.29) is 18.0 Å².